The van der Waals surface area contributed by atoms with Crippen LogP contribution in [0.4, 0.5) is 11.5 Å². The van der Waals surface area contributed by atoms with Gasteiger partial charge < -0.3 is 19.3 Å². The van der Waals surface area contributed by atoms with Gasteiger partial charge in [-0.3, -0.25) is 18.9 Å². The molecule has 1 amide bonds. The highest BCUT2D eigenvalue weighted by Crippen LogP contribution is 2.42. The van der Waals surface area contributed by atoms with Crippen LogP contribution < -0.4 is 15.4 Å². The van der Waals surface area contributed by atoms with E-state index in [1.165, 1.54) is 0 Å². The molecule has 0 saturated carbocycles. The minimum atomic E-state index is -0.218. The Morgan fingerprint density at radius 2 is 1.67 bits per heavy atom. The van der Waals surface area contributed by atoms with Crippen molar-refractivity contribution in [3.05, 3.63) is 71.1 Å². The topological polar surface area (TPSA) is 79.6 Å². The molecule has 3 aromatic heterocycles. The van der Waals surface area contributed by atoms with Crippen LogP contribution in [0.1, 0.15) is 6.92 Å². The van der Waals surface area contributed by atoms with E-state index in [4.69, 9.17) is 14.5 Å². The first-order valence-electron chi connectivity index (χ1n) is 14.4. The lowest BCUT2D eigenvalue weighted by atomic mass is 10.0. The lowest BCUT2D eigenvalue weighted by molar-refractivity contribution is -0.124. The maximum absolute atomic E-state index is 13.4. The van der Waals surface area contributed by atoms with Gasteiger partial charge in [-0.2, -0.15) is 0 Å². The highest BCUT2D eigenvalue weighted by molar-refractivity contribution is 7.26. The van der Waals surface area contributed by atoms with Crippen molar-refractivity contribution in [1.29, 1.82) is 0 Å². The molecule has 0 unspecified atom stereocenters. The van der Waals surface area contributed by atoms with E-state index in [0.29, 0.717) is 51.0 Å². The van der Waals surface area contributed by atoms with Gasteiger partial charge in [-0.25, -0.2) is 4.98 Å². The minimum absolute atomic E-state index is 0.0693. The molecule has 2 aliphatic rings. The van der Waals surface area contributed by atoms with Crippen LogP contribution in [0.25, 0.3) is 36.9 Å². The number of rotatable bonds is 5. The van der Waals surface area contributed by atoms with Crippen LogP contribution in [-0.2, 0) is 14.3 Å². The number of hydrogen-bond acceptors (Lipinski definition) is 8. The van der Waals surface area contributed by atoms with Crippen molar-refractivity contribution < 1.29 is 14.3 Å². The molecule has 2 aliphatic heterocycles. The van der Waals surface area contributed by atoms with E-state index < -0.39 is 0 Å². The number of nitrogens with zero attached hydrogens (tertiary/aromatic N) is 5. The molecule has 42 heavy (non-hydrogen) atoms. The predicted octanol–water partition coefficient (Wildman–Crippen LogP) is 4.25. The SMILES string of the molecule is C[C@@H](C(=O)N(C)c1ccc2sc3c(-c4cccn5c(=O)cc(N6CCOCC6)nc45)cccc3c2c1)N1CCOCC1. The van der Waals surface area contributed by atoms with E-state index in [2.05, 4.69) is 40.1 Å². The second-order valence-electron chi connectivity index (χ2n) is 10.9. The number of aromatic nitrogens is 2. The number of carbonyl (C=O) groups is 1. The fourth-order valence-electron chi connectivity index (χ4n) is 6.01. The first-order valence-corrected chi connectivity index (χ1v) is 15.2. The van der Waals surface area contributed by atoms with Crippen LogP contribution in [0.2, 0.25) is 0 Å². The zero-order valence-corrected chi connectivity index (χ0v) is 24.6. The lowest BCUT2D eigenvalue weighted by Crippen LogP contribution is -2.50. The first-order chi connectivity index (χ1) is 20.5. The summed E-state index contributed by atoms with van der Waals surface area (Å²) in [5, 5.41) is 2.22. The van der Waals surface area contributed by atoms with Crippen molar-refractivity contribution in [2.45, 2.75) is 13.0 Å². The third-order valence-corrected chi connectivity index (χ3v) is 9.67. The summed E-state index contributed by atoms with van der Waals surface area (Å²) in [6.07, 6.45) is 1.78. The summed E-state index contributed by atoms with van der Waals surface area (Å²) < 4.78 is 14.9. The van der Waals surface area contributed by atoms with Crippen molar-refractivity contribution in [2.75, 3.05) is 69.5 Å². The maximum Gasteiger partial charge on any atom is 0.259 e. The predicted molar refractivity (Wildman–Crippen MR) is 168 cm³/mol. The maximum atomic E-state index is 13.4. The number of thiophene rings is 1. The third-order valence-electron chi connectivity index (χ3n) is 8.45. The molecule has 5 aromatic rings. The Bertz CT molecular complexity index is 1860. The first kappa shape index (κ1) is 27.0. The summed E-state index contributed by atoms with van der Waals surface area (Å²) in [5.41, 5.74) is 3.35. The Morgan fingerprint density at radius 3 is 2.45 bits per heavy atom. The molecule has 0 aliphatic carbocycles. The average molecular weight is 584 g/mol. The van der Waals surface area contributed by atoms with Crippen LogP contribution in [0.3, 0.4) is 0 Å². The van der Waals surface area contributed by atoms with Gasteiger partial charge in [0.2, 0.25) is 5.91 Å². The van der Waals surface area contributed by atoms with E-state index >= 15 is 0 Å². The normalized spacial score (nSPS) is 17.2. The molecule has 1 atom stereocenters. The number of amides is 1. The largest absolute Gasteiger partial charge is 0.379 e. The molecule has 10 heteroatoms. The third kappa shape index (κ3) is 4.74. The number of benzene rings is 2. The minimum Gasteiger partial charge on any atom is -0.379 e. The molecule has 0 N–H and O–H groups in total. The summed E-state index contributed by atoms with van der Waals surface area (Å²) >= 11 is 1.72. The Balaban J connectivity index is 1.29. The van der Waals surface area contributed by atoms with E-state index in [-0.39, 0.29) is 17.5 Å². The summed E-state index contributed by atoms with van der Waals surface area (Å²) in [4.78, 5) is 37.6. The zero-order chi connectivity index (χ0) is 28.8. The molecule has 2 saturated heterocycles. The molecular formula is C32H33N5O4S. The summed E-state index contributed by atoms with van der Waals surface area (Å²) in [5.74, 6) is 0.753. The van der Waals surface area contributed by atoms with E-state index in [0.717, 1.165) is 50.1 Å². The van der Waals surface area contributed by atoms with Crippen molar-refractivity contribution in [1.82, 2.24) is 14.3 Å². The zero-order valence-electron chi connectivity index (χ0n) is 23.8. The standard InChI is InChI=1S/C32H33N5O4S/c1-21(35-11-15-40-16-12-35)32(39)34(2)22-8-9-27-26(19-22)24-6-3-5-23(30(24)42-27)25-7-4-10-37-29(38)20-28(33-31(25)37)36-13-17-41-18-14-36/h3-10,19-21H,11-18H2,1-2H3/t21-/m0/s1. The Labute approximate surface area is 247 Å². The fourth-order valence-corrected chi connectivity index (χ4v) is 7.22. The van der Waals surface area contributed by atoms with Crippen molar-refractivity contribution in [3.8, 4) is 11.1 Å². The van der Waals surface area contributed by atoms with Crippen LogP contribution in [-0.4, -0.2) is 85.9 Å². The smallest absolute Gasteiger partial charge is 0.259 e. The van der Waals surface area contributed by atoms with Gasteiger partial charge >= 0.3 is 0 Å². The highest BCUT2D eigenvalue weighted by atomic mass is 32.1. The second kappa shape index (κ2) is 11.1. The lowest BCUT2D eigenvalue weighted by Gasteiger charge is -2.33. The Kier molecular flexibility index (Phi) is 7.15. The molecular weight excluding hydrogens is 550 g/mol. The number of carbonyl (C=O) groups excluding carboxylic acids is 1. The van der Waals surface area contributed by atoms with Gasteiger partial charge in [-0.15, -0.1) is 11.3 Å². The van der Waals surface area contributed by atoms with Gasteiger partial charge in [-0.05, 0) is 37.3 Å². The Morgan fingerprint density at radius 1 is 0.929 bits per heavy atom. The Hall–Kier alpha value is -3.83. The number of morpholine rings is 2. The second-order valence-corrected chi connectivity index (χ2v) is 11.9. The van der Waals surface area contributed by atoms with Crippen molar-refractivity contribution >= 4 is 54.6 Å². The molecule has 216 valence electrons. The molecule has 0 spiro atoms. The van der Waals surface area contributed by atoms with Crippen LogP contribution in [0, 0.1) is 0 Å². The molecule has 2 fully saturated rings. The van der Waals surface area contributed by atoms with E-state index in [9.17, 15) is 9.59 Å². The number of ether oxygens (including phenoxy) is 2. The number of anilines is 2. The molecule has 7 rings (SSSR count). The van der Waals surface area contributed by atoms with Gasteiger partial charge in [0.15, 0.2) is 0 Å². The van der Waals surface area contributed by atoms with Crippen LogP contribution >= 0.6 is 11.3 Å². The molecule has 5 heterocycles. The summed E-state index contributed by atoms with van der Waals surface area (Å²) in [7, 11) is 1.85. The molecule has 9 nitrogen and oxygen atoms in total. The van der Waals surface area contributed by atoms with E-state index in [1.54, 1.807) is 32.9 Å². The molecule has 0 radical (unpaired) electrons. The van der Waals surface area contributed by atoms with Crippen LogP contribution in [0.15, 0.2) is 65.6 Å². The van der Waals surface area contributed by atoms with Gasteiger partial charge in [0, 0.05) is 82.5 Å². The van der Waals surface area contributed by atoms with Gasteiger partial charge in [0.1, 0.15) is 11.5 Å². The quantitative estimate of drug-likeness (QED) is 0.306. The molecule has 2 aromatic carbocycles. The number of hydrogen-bond donors (Lipinski definition) is 0. The highest BCUT2D eigenvalue weighted by Gasteiger charge is 2.27. The summed E-state index contributed by atoms with van der Waals surface area (Å²) in [6, 6.07) is 17.9. The van der Waals surface area contributed by atoms with E-state index in [1.807, 2.05) is 32.2 Å². The summed E-state index contributed by atoms with van der Waals surface area (Å²) in [6.45, 7) is 7.49. The number of likely N-dealkylation sites (N-methyl/N-ethyl adjacent to an activating group) is 1. The van der Waals surface area contributed by atoms with Crippen molar-refractivity contribution in [3.63, 3.8) is 0 Å². The fraction of sp³-hybridized carbons (Fsp3) is 0.344. The number of pyridine rings is 1. The monoisotopic (exact) mass is 583 g/mol. The van der Waals surface area contributed by atoms with Gasteiger partial charge in [0.05, 0.1) is 32.5 Å². The average Bonchev–Trinajstić information content (AvgIpc) is 3.42. The van der Waals surface area contributed by atoms with Crippen molar-refractivity contribution in [2.24, 2.45) is 0 Å². The molecule has 0 bridgehead atoms. The van der Waals surface area contributed by atoms with Gasteiger partial charge in [-0.1, -0.05) is 18.2 Å². The number of fused-ring (bicyclic) bond motifs is 4. The van der Waals surface area contributed by atoms with Crippen LogP contribution in [0.5, 0.6) is 0 Å². The van der Waals surface area contributed by atoms with Gasteiger partial charge in [0.25, 0.3) is 5.56 Å².